The Morgan fingerprint density at radius 1 is 0.714 bits per heavy atom. The molecule has 0 aliphatic heterocycles. The van der Waals surface area contributed by atoms with E-state index in [4.69, 9.17) is 13.9 Å². The molecular weight excluding hydrogens is 669 g/mol. The molecule has 0 aliphatic carbocycles. The van der Waals surface area contributed by atoms with Gasteiger partial charge in [0.1, 0.15) is 6.61 Å². The van der Waals surface area contributed by atoms with Gasteiger partial charge >= 0.3 is 18.0 Å². The van der Waals surface area contributed by atoms with Gasteiger partial charge in [-0.3, -0.25) is 4.79 Å². The van der Waals surface area contributed by atoms with Crippen LogP contribution in [-0.2, 0) is 30.1 Å². The van der Waals surface area contributed by atoms with Gasteiger partial charge < -0.3 is 24.0 Å². The molecule has 2 rings (SSSR count). The second kappa shape index (κ2) is 17.9. The van der Waals surface area contributed by atoms with E-state index in [2.05, 4.69) is 10.1 Å². The van der Waals surface area contributed by atoms with E-state index >= 15 is 0 Å². The van der Waals surface area contributed by atoms with Crippen molar-refractivity contribution in [3.05, 3.63) is 65.0 Å². The fraction of sp³-hybridized carbons (Fsp3) is 0.571. The second-order valence-corrected chi connectivity index (χ2v) is 19.0. The van der Waals surface area contributed by atoms with Crippen molar-refractivity contribution in [1.82, 2.24) is 5.32 Å². The van der Waals surface area contributed by atoms with Gasteiger partial charge in [-0.25, -0.2) is 22.8 Å². The largest absolute Gasteiger partial charge is 0.450 e. The third kappa shape index (κ3) is 10.3. The van der Waals surface area contributed by atoms with E-state index in [1.165, 1.54) is 13.8 Å². The van der Waals surface area contributed by atoms with Crippen LogP contribution < -0.4 is 10.1 Å². The first kappa shape index (κ1) is 41.6. The molecule has 0 radical (unpaired) electrons. The number of nitrogens with one attached hydrogen (secondary N) is 1. The molecule has 2 aromatic rings. The van der Waals surface area contributed by atoms with Gasteiger partial charge in [0.15, 0.2) is 0 Å². The van der Waals surface area contributed by atoms with Crippen LogP contribution in [-0.4, -0.2) is 44.6 Å². The molecule has 0 bridgehead atoms. The van der Waals surface area contributed by atoms with Crippen LogP contribution in [0.4, 0.5) is 26.7 Å². The van der Waals surface area contributed by atoms with E-state index < -0.39 is 91.8 Å². The van der Waals surface area contributed by atoms with Crippen LogP contribution in [0.1, 0.15) is 81.2 Å². The summed E-state index contributed by atoms with van der Waals surface area (Å²) >= 11 is 0. The lowest BCUT2D eigenvalue weighted by Gasteiger charge is -2.46. The highest BCUT2D eigenvalue weighted by Crippen LogP contribution is 2.44. The topological polar surface area (TPSA) is 100 Å². The van der Waals surface area contributed by atoms with Crippen molar-refractivity contribution >= 4 is 26.3 Å². The van der Waals surface area contributed by atoms with Gasteiger partial charge in [0.25, 0.3) is 0 Å². The first-order valence-corrected chi connectivity index (χ1v) is 18.5. The van der Waals surface area contributed by atoms with Crippen LogP contribution in [0.15, 0.2) is 30.3 Å². The monoisotopic (exact) mass is 717 g/mol. The quantitative estimate of drug-likeness (QED) is 0.0463. The number of esters is 2. The number of amides is 1. The maximum atomic E-state index is 14.3. The van der Waals surface area contributed by atoms with Crippen LogP contribution in [0.3, 0.4) is 0 Å². The average Bonchev–Trinajstić information content (AvgIpc) is 3.03. The maximum Gasteiger partial charge on any atom is 0.407 e. The van der Waals surface area contributed by atoms with Crippen molar-refractivity contribution in [3.63, 3.8) is 0 Å². The first-order valence-electron chi connectivity index (χ1n) is 16.3. The van der Waals surface area contributed by atoms with Gasteiger partial charge in [0.2, 0.25) is 49.3 Å². The Balaban J connectivity index is 2.43. The molecule has 0 unspecified atom stereocenters. The Kier molecular flexibility index (Phi) is 15.2. The molecule has 0 saturated carbocycles. The summed E-state index contributed by atoms with van der Waals surface area (Å²) in [4.78, 5) is 39.6. The maximum absolute atomic E-state index is 14.3. The SMILES string of the molecule is CC(C)[C@H](OC(=O)C[C@H](O[Si](C(C)C)(C(C)C)C(C)C)[C@@H](NC(=O)OCc1ccccc1)C(C)C)C(=O)Oc1c(F)c(F)c(F)c(F)c1F. The molecule has 2 aromatic carbocycles. The van der Waals surface area contributed by atoms with Crippen molar-refractivity contribution in [2.24, 2.45) is 11.8 Å². The Morgan fingerprint density at radius 3 is 1.65 bits per heavy atom. The zero-order valence-corrected chi connectivity index (χ0v) is 30.7. The number of hydrogen-bond donors (Lipinski definition) is 1. The molecule has 0 aromatic heterocycles. The Morgan fingerprint density at radius 2 is 1.20 bits per heavy atom. The molecule has 0 fully saturated rings. The lowest BCUT2D eigenvalue weighted by Crippen LogP contribution is -2.57. The molecular formula is C35H48F5NO7Si. The van der Waals surface area contributed by atoms with Crippen molar-refractivity contribution in [3.8, 4) is 5.75 Å². The van der Waals surface area contributed by atoms with Gasteiger partial charge in [0, 0.05) is 5.92 Å². The fourth-order valence-electron chi connectivity index (χ4n) is 6.15. The molecule has 14 heteroatoms. The second-order valence-electron chi connectivity index (χ2n) is 13.6. The predicted octanol–water partition coefficient (Wildman–Crippen LogP) is 8.76. The van der Waals surface area contributed by atoms with Gasteiger partial charge in [-0.2, -0.15) is 8.78 Å². The number of ether oxygens (including phenoxy) is 3. The Bertz CT molecular complexity index is 1390. The summed E-state index contributed by atoms with van der Waals surface area (Å²) in [6.45, 7) is 18.7. The smallest absolute Gasteiger partial charge is 0.407 e. The van der Waals surface area contributed by atoms with E-state index in [-0.39, 0.29) is 29.1 Å². The van der Waals surface area contributed by atoms with Gasteiger partial charge in [0.05, 0.1) is 18.6 Å². The lowest BCUT2D eigenvalue weighted by molar-refractivity contribution is -0.167. The predicted molar refractivity (Wildman–Crippen MR) is 176 cm³/mol. The summed E-state index contributed by atoms with van der Waals surface area (Å²) in [6.07, 6.45) is -4.00. The summed E-state index contributed by atoms with van der Waals surface area (Å²) in [5.74, 6) is -17.2. The normalized spacial score (nSPS) is 14.0. The van der Waals surface area contributed by atoms with Gasteiger partial charge in [-0.05, 0) is 28.1 Å². The summed E-state index contributed by atoms with van der Waals surface area (Å²) in [5.41, 5.74) is 0.981. The zero-order chi connectivity index (χ0) is 37.4. The standard InChI is InChI=1S/C35H48F5NO7Si/c1-18(2)31(41-35(44)45-17-23-14-12-11-13-15-23)24(48-49(20(5)6,21(7)8)22(9)10)16-25(42)46-32(19(3)4)34(43)47-33-29(39)27(37)26(36)28(38)30(33)40/h11-15,18-22,24,31-32H,16-17H2,1-10H3,(H,41,44)/t24-,31-,32-/m0/s1. The Labute approximate surface area is 286 Å². The highest BCUT2D eigenvalue weighted by Gasteiger charge is 2.49. The number of carbonyl (C=O) groups is 3. The average molecular weight is 718 g/mol. The molecule has 0 saturated heterocycles. The number of rotatable bonds is 16. The van der Waals surface area contributed by atoms with Crippen molar-refractivity contribution in [2.45, 2.75) is 117 Å². The van der Waals surface area contributed by atoms with Crippen molar-refractivity contribution < 1.29 is 55.0 Å². The summed E-state index contributed by atoms with van der Waals surface area (Å²) < 4.78 is 92.0. The molecule has 8 nitrogen and oxygen atoms in total. The van der Waals surface area contributed by atoms with E-state index in [0.717, 1.165) is 5.56 Å². The third-order valence-electron chi connectivity index (χ3n) is 8.51. The van der Waals surface area contributed by atoms with Crippen molar-refractivity contribution in [2.75, 3.05) is 0 Å². The molecule has 1 amide bonds. The summed E-state index contributed by atoms with van der Waals surface area (Å²) in [5, 5.41) is 2.84. The van der Waals surface area contributed by atoms with E-state index in [1.54, 1.807) is 24.3 Å². The van der Waals surface area contributed by atoms with Crippen LogP contribution in [0.25, 0.3) is 0 Å². The molecule has 0 spiro atoms. The van der Waals surface area contributed by atoms with Crippen LogP contribution >= 0.6 is 0 Å². The molecule has 3 atom stereocenters. The van der Waals surface area contributed by atoms with Gasteiger partial charge in [-0.15, -0.1) is 0 Å². The minimum Gasteiger partial charge on any atom is -0.450 e. The summed E-state index contributed by atoms with van der Waals surface area (Å²) in [6, 6.07) is 8.25. The van der Waals surface area contributed by atoms with Crippen molar-refractivity contribution in [1.29, 1.82) is 0 Å². The highest BCUT2D eigenvalue weighted by atomic mass is 28.4. The molecule has 1 N–H and O–H groups in total. The van der Waals surface area contributed by atoms with Crippen LogP contribution in [0.2, 0.25) is 16.6 Å². The van der Waals surface area contributed by atoms with E-state index in [1.807, 2.05) is 61.5 Å². The van der Waals surface area contributed by atoms with Crippen LogP contribution in [0, 0.1) is 40.9 Å². The van der Waals surface area contributed by atoms with Crippen LogP contribution in [0.5, 0.6) is 5.75 Å². The van der Waals surface area contributed by atoms with E-state index in [0.29, 0.717) is 0 Å². The number of benzene rings is 2. The number of hydrogen-bond acceptors (Lipinski definition) is 7. The highest BCUT2D eigenvalue weighted by molar-refractivity contribution is 6.77. The zero-order valence-electron chi connectivity index (χ0n) is 29.7. The molecule has 49 heavy (non-hydrogen) atoms. The number of alkyl carbamates (subject to hydrolysis) is 1. The summed E-state index contributed by atoms with van der Waals surface area (Å²) in [7, 11) is -2.73. The molecule has 0 aliphatic rings. The first-order chi connectivity index (χ1) is 22.8. The minimum absolute atomic E-state index is 0.00501. The minimum atomic E-state index is -2.73. The third-order valence-corrected chi connectivity index (χ3v) is 14.6. The molecule has 274 valence electrons. The Hall–Kier alpha value is -3.52. The van der Waals surface area contributed by atoms with Gasteiger partial charge in [-0.1, -0.05) is 99.6 Å². The number of halogens is 5. The number of carbonyl (C=O) groups excluding carboxylic acids is 3. The molecule has 0 heterocycles. The van der Waals surface area contributed by atoms with E-state index in [9.17, 15) is 36.3 Å². The lowest BCUT2D eigenvalue weighted by atomic mass is 9.96. The fourth-order valence-corrected chi connectivity index (χ4v) is 11.7.